The molecule has 5 heteroatoms. The van der Waals surface area contributed by atoms with E-state index in [9.17, 15) is 14.4 Å². The maximum atomic E-state index is 12.4. The minimum Gasteiger partial charge on any atom is -0.462 e. The van der Waals surface area contributed by atoms with Crippen molar-refractivity contribution < 1.29 is 23.9 Å². The van der Waals surface area contributed by atoms with Crippen LogP contribution >= 0.6 is 0 Å². The largest absolute Gasteiger partial charge is 0.462 e. The van der Waals surface area contributed by atoms with Gasteiger partial charge in [0, 0.05) is 25.2 Å². The number of carbonyl (C=O) groups is 3. The Kier molecular flexibility index (Phi) is 6.43. The zero-order chi connectivity index (χ0) is 19.2. The van der Waals surface area contributed by atoms with Crippen LogP contribution < -0.4 is 0 Å². The molecule has 1 aliphatic heterocycles. The van der Waals surface area contributed by atoms with Crippen LogP contribution in [0.25, 0.3) is 0 Å². The number of fused-ring (bicyclic) bond motifs is 1. The lowest BCUT2D eigenvalue weighted by molar-refractivity contribution is -0.141. The molecule has 1 aliphatic carbocycles. The summed E-state index contributed by atoms with van der Waals surface area (Å²) in [6.07, 6.45) is 5.83. The Labute approximate surface area is 159 Å². The molecule has 0 amide bonds. The summed E-state index contributed by atoms with van der Waals surface area (Å²) in [5.41, 5.74) is 1.35. The summed E-state index contributed by atoms with van der Waals surface area (Å²) in [7, 11) is 0. The van der Waals surface area contributed by atoms with Gasteiger partial charge in [0.2, 0.25) is 0 Å². The van der Waals surface area contributed by atoms with Crippen molar-refractivity contribution in [1.82, 2.24) is 0 Å². The molecule has 0 spiro atoms. The lowest BCUT2D eigenvalue weighted by Crippen LogP contribution is -2.19. The Morgan fingerprint density at radius 2 is 2.00 bits per heavy atom. The minimum atomic E-state index is -0.441. The molecule has 0 N–H and O–H groups in total. The molecular formula is C22H26O5. The van der Waals surface area contributed by atoms with Crippen molar-refractivity contribution in [2.45, 2.75) is 64.1 Å². The first kappa shape index (κ1) is 19.3. The summed E-state index contributed by atoms with van der Waals surface area (Å²) in [5.74, 6) is -0.530. The number of allylic oxidation sites excluding steroid dienone is 1. The molecule has 3 rings (SSSR count). The fourth-order valence-electron chi connectivity index (χ4n) is 3.82. The highest BCUT2D eigenvalue weighted by atomic mass is 16.6. The summed E-state index contributed by atoms with van der Waals surface area (Å²) in [6, 6.07) is 8.82. The lowest BCUT2D eigenvalue weighted by atomic mass is 9.96. The number of rotatable bonds is 8. The van der Waals surface area contributed by atoms with Crippen LogP contribution in [0, 0.1) is 5.92 Å². The van der Waals surface area contributed by atoms with Crippen molar-refractivity contribution in [3.05, 3.63) is 47.5 Å². The molecular weight excluding hydrogens is 344 g/mol. The van der Waals surface area contributed by atoms with E-state index in [4.69, 9.17) is 9.47 Å². The molecule has 27 heavy (non-hydrogen) atoms. The number of unbranched alkanes of at least 4 members (excludes halogenated alkanes) is 2. The van der Waals surface area contributed by atoms with Gasteiger partial charge in [-0.25, -0.2) is 4.79 Å². The fraction of sp³-hybridized carbons (Fsp3) is 0.500. The molecule has 3 unspecified atom stereocenters. The van der Waals surface area contributed by atoms with Gasteiger partial charge in [0.25, 0.3) is 0 Å². The SMILES string of the molecule is CCCCCC(=O)CC=C1C(OC(=O)c2ccccc2)CC2OC(=O)CC12. The first-order chi connectivity index (χ1) is 13.1. The van der Waals surface area contributed by atoms with Gasteiger partial charge in [-0.3, -0.25) is 9.59 Å². The number of hydrogen-bond donors (Lipinski definition) is 0. The molecule has 0 radical (unpaired) electrons. The second-order valence-corrected chi connectivity index (χ2v) is 7.24. The predicted molar refractivity (Wildman–Crippen MR) is 100 cm³/mol. The summed E-state index contributed by atoms with van der Waals surface area (Å²) < 4.78 is 11.1. The molecule has 2 aliphatic rings. The van der Waals surface area contributed by atoms with Crippen molar-refractivity contribution in [2.75, 3.05) is 0 Å². The zero-order valence-corrected chi connectivity index (χ0v) is 15.7. The number of ether oxygens (including phenoxy) is 2. The third-order valence-corrected chi connectivity index (χ3v) is 5.25. The average Bonchev–Trinajstić information content (AvgIpc) is 3.16. The van der Waals surface area contributed by atoms with Gasteiger partial charge in [-0.05, 0) is 24.1 Å². The molecule has 1 saturated heterocycles. The van der Waals surface area contributed by atoms with Crippen LogP contribution in [0.2, 0.25) is 0 Å². The van der Waals surface area contributed by atoms with Gasteiger partial charge >= 0.3 is 11.9 Å². The fourth-order valence-corrected chi connectivity index (χ4v) is 3.82. The molecule has 0 bridgehead atoms. The predicted octanol–water partition coefficient (Wildman–Crippen LogP) is 4.01. The standard InChI is InChI=1S/C22H26O5/c1-2-3-5-10-16(23)11-12-17-18-13-21(24)26-20(18)14-19(17)27-22(25)15-8-6-4-7-9-15/h4,6-9,12,18-20H,2-3,5,10-11,13-14H2,1H3. The highest BCUT2D eigenvalue weighted by molar-refractivity contribution is 5.89. The number of carbonyl (C=O) groups excluding carboxylic acids is 3. The van der Waals surface area contributed by atoms with Crippen LogP contribution in [-0.2, 0) is 19.1 Å². The molecule has 144 valence electrons. The monoisotopic (exact) mass is 370 g/mol. The van der Waals surface area contributed by atoms with Crippen LogP contribution in [0.15, 0.2) is 42.0 Å². The number of ketones is 1. The molecule has 1 aromatic rings. The zero-order valence-electron chi connectivity index (χ0n) is 15.7. The van der Waals surface area contributed by atoms with Crippen molar-refractivity contribution >= 4 is 17.7 Å². The first-order valence-corrected chi connectivity index (χ1v) is 9.75. The van der Waals surface area contributed by atoms with Crippen LogP contribution in [0.4, 0.5) is 0 Å². The Balaban J connectivity index is 1.68. The van der Waals surface area contributed by atoms with Gasteiger partial charge in [0.1, 0.15) is 18.0 Å². The van der Waals surface area contributed by atoms with E-state index in [0.29, 0.717) is 31.2 Å². The van der Waals surface area contributed by atoms with E-state index in [1.807, 2.05) is 12.1 Å². The third kappa shape index (κ3) is 4.85. The Morgan fingerprint density at radius 3 is 2.74 bits per heavy atom. The quantitative estimate of drug-likeness (QED) is 0.393. The summed E-state index contributed by atoms with van der Waals surface area (Å²) >= 11 is 0. The highest BCUT2D eigenvalue weighted by Gasteiger charge is 2.48. The first-order valence-electron chi connectivity index (χ1n) is 9.75. The summed E-state index contributed by atoms with van der Waals surface area (Å²) in [5, 5.41) is 0. The summed E-state index contributed by atoms with van der Waals surface area (Å²) in [4.78, 5) is 36.2. The van der Waals surface area contributed by atoms with E-state index in [1.165, 1.54) is 0 Å². The average molecular weight is 370 g/mol. The minimum absolute atomic E-state index is 0.0884. The van der Waals surface area contributed by atoms with Crippen LogP contribution in [0.1, 0.15) is 62.2 Å². The molecule has 1 saturated carbocycles. The van der Waals surface area contributed by atoms with Crippen molar-refractivity contribution in [2.24, 2.45) is 5.92 Å². The number of hydrogen-bond acceptors (Lipinski definition) is 5. The molecule has 1 heterocycles. The van der Waals surface area contributed by atoms with Crippen LogP contribution in [0.3, 0.4) is 0 Å². The van der Waals surface area contributed by atoms with Crippen molar-refractivity contribution in [3.8, 4) is 0 Å². The topological polar surface area (TPSA) is 69.7 Å². The molecule has 1 aromatic carbocycles. The second-order valence-electron chi connectivity index (χ2n) is 7.24. The van der Waals surface area contributed by atoms with Crippen molar-refractivity contribution in [1.29, 1.82) is 0 Å². The van der Waals surface area contributed by atoms with Gasteiger partial charge in [0.05, 0.1) is 12.0 Å². The van der Waals surface area contributed by atoms with Gasteiger partial charge in [-0.15, -0.1) is 0 Å². The molecule has 5 nitrogen and oxygen atoms in total. The molecule has 2 fully saturated rings. The number of benzene rings is 1. The third-order valence-electron chi connectivity index (χ3n) is 5.25. The van der Waals surface area contributed by atoms with E-state index >= 15 is 0 Å². The van der Waals surface area contributed by atoms with Crippen molar-refractivity contribution in [3.63, 3.8) is 0 Å². The lowest BCUT2D eigenvalue weighted by Gasteiger charge is -2.16. The Bertz CT molecular complexity index is 721. The normalized spacial score (nSPS) is 25.3. The van der Waals surface area contributed by atoms with Crippen LogP contribution in [-0.4, -0.2) is 29.9 Å². The van der Waals surface area contributed by atoms with E-state index in [1.54, 1.807) is 24.3 Å². The smallest absolute Gasteiger partial charge is 0.338 e. The van der Waals surface area contributed by atoms with Gasteiger partial charge < -0.3 is 9.47 Å². The Morgan fingerprint density at radius 1 is 1.22 bits per heavy atom. The van der Waals surface area contributed by atoms with E-state index in [2.05, 4.69) is 6.92 Å². The van der Waals surface area contributed by atoms with Gasteiger partial charge in [0.15, 0.2) is 0 Å². The maximum Gasteiger partial charge on any atom is 0.338 e. The Hall–Kier alpha value is -2.43. The van der Waals surface area contributed by atoms with E-state index in [0.717, 1.165) is 24.8 Å². The van der Waals surface area contributed by atoms with E-state index < -0.39 is 12.1 Å². The van der Waals surface area contributed by atoms with E-state index in [-0.39, 0.29) is 23.8 Å². The molecule has 0 aromatic heterocycles. The number of esters is 2. The number of Topliss-reactive ketones (excluding diaryl/α,β-unsaturated/α-hetero) is 1. The summed E-state index contributed by atoms with van der Waals surface area (Å²) in [6.45, 7) is 2.11. The highest BCUT2D eigenvalue weighted by Crippen LogP contribution is 2.42. The van der Waals surface area contributed by atoms with Gasteiger partial charge in [-0.2, -0.15) is 0 Å². The van der Waals surface area contributed by atoms with Gasteiger partial charge in [-0.1, -0.05) is 44.0 Å². The van der Waals surface area contributed by atoms with Crippen LogP contribution in [0.5, 0.6) is 0 Å². The molecule has 3 atom stereocenters. The second kappa shape index (κ2) is 8.98. The maximum absolute atomic E-state index is 12.4.